The Hall–Kier alpha value is -9.37. The molecular weight excluding hydrogens is 1290 g/mol. The number of aliphatic hydroxyl groups excluding tert-OH is 1. The average Bonchev–Trinajstić information content (AvgIpc) is 1.64. The number of carbonyl (C=O) groups excluding carboxylic acids is 5. The maximum absolute atomic E-state index is 14.7. The zero-order chi connectivity index (χ0) is 68.9. The van der Waals surface area contributed by atoms with Gasteiger partial charge in [-0.1, -0.05) is 107 Å². The number of hydrogen-bond acceptors (Lipinski definition) is 21. The molecule has 514 valence electrons. The molecule has 3 aliphatic heterocycles. The van der Waals surface area contributed by atoms with E-state index in [2.05, 4.69) is 71.2 Å². The number of thiazole rings is 2. The lowest BCUT2D eigenvalue weighted by atomic mass is 9.91. The largest absolute Gasteiger partial charge is 0.471 e. The summed E-state index contributed by atoms with van der Waals surface area (Å²) in [5.74, 6) is -1.70. The fourth-order valence-electron chi connectivity index (χ4n) is 13.5. The van der Waals surface area contributed by atoms with Crippen LogP contribution in [0.25, 0.3) is 32.2 Å². The van der Waals surface area contributed by atoms with Gasteiger partial charge in [-0.2, -0.15) is 0 Å². The van der Waals surface area contributed by atoms with Crippen LogP contribution in [-0.4, -0.2) is 142 Å². The highest BCUT2D eigenvalue weighted by molar-refractivity contribution is 7.13. The van der Waals surface area contributed by atoms with Crippen molar-refractivity contribution in [2.24, 2.45) is 11.8 Å². The van der Waals surface area contributed by atoms with Gasteiger partial charge in [0.15, 0.2) is 17.9 Å². The first-order valence-corrected chi connectivity index (χ1v) is 35.0. The number of ether oxygens (including phenoxy) is 2. The number of likely N-dealkylation sites (tertiary alicyclic amines) is 3. The van der Waals surface area contributed by atoms with Crippen molar-refractivity contribution in [1.29, 1.82) is 0 Å². The number of nitrogens with one attached hydrogen (secondary N) is 3. The normalized spacial score (nSPS) is 19.7. The average molecular weight is 1370 g/mol. The minimum Gasteiger partial charge on any atom is -0.471 e. The Labute approximate surface area is 575 Å². The van der Waals surface area contributed by atoms with Gasteiger partial charge < -0.3 is 58.3 Å². The second-order valence-electron chi connectivity index (χ2n) is 26.4. The van der Waals surface area contributed by atoms with E-state index < -0.39 is 60.1 Å². The smallest absolute Gasteiger partial charge is 0.254 e. The molecule has 9 aromatic rings. The fraction of sp³-hybridized carbons (Fsp3) is 0.431. The number of aliphatic hydroxyl groups is 1. The third kappa shape index (κ3) is 15.5. The SMILES string of the molecule is CC[C@@H](C(=O)N1C[C@H](Oc2cc([C@H](CN3C[C@H](Oc4cc([C@H](C(=O)N5C[C@H](O)C[C@H]5C(=O)NCc5ccc(-c6ocnc6C)cc5)C(C)C)on4)C[C@H]3C(=O)NCc3ccc(-c4cncs4)cc3)C(C)C)on2)C[C@H]1C(=O)NCc1ccc(-c2scnc2C)cc1C)c1cc(C)no1. The molecule has 0 saturated carbocycles. The Morgan fingerprint density at radius 1 is 0.622 bits per heavy atom. The van der Waals surface area contributed by atoms with Crippen molar-refractivity contribution >= 4 is 52.2 Å². The lowest BCUT2D eigenvalue weighted by Gasteiger charge is -2.28. The summed E-state index contributed by atoms with van der Waals surface area (Å²) in [6.45, 7) is 18.8. The van der Waals surface area contributed by atoms with E-state index in [4.69, 9.17) is 27.5 Å². The predicted octanol–water partition coefficient (Wildman–Crippen LogP) is 10.2. The van der Waals surface area contributed by atoms with E-state index in [1.54, 1.807) is 58.2 Å². The van der Waals surface area contributed by atoms with Gasteiger partial charge in [0.1, 0.15) is 41.7 Å². The fourth-order valence-corrected chi connectivity index (χ4v) is 14.9. The summed E-state index contributed by atoms with van der Waals surface area (Å²) in [5, 5.41) is 32.9. The van der Waals surface area contributed by atoms with Crippen molar-refractivity contribution in [3.8, 4) is 44.0 Å². The first-order chi connectivity index (χ1) is 47.2. The van der Waals surface area contributed by atoms with Crippen LogP contribution in [-0.2, 0) is 43.6 Å². The summed E-state index contributed by atoms with van der Waals surface area (Å²) in [4.78, 5) is 92.2. The number of benzene rings is 3. The van der Waals surface area contributed by atoms with Crippen LogP contribution in [0.3, 0.4) is 0 Å². The molecule has 26 heteroatoms. The standard InChI is InChI=1S/C72H82N12O12S2/c1-10-54(59-22-42(7)79-94-59)71(89)84-34-53(25-58(84)70(88)76-30-50-20-19-49(21-41(50)6)67-44(9)78-38-98-67)93-63-26-60(95-80-63)55(39(2)3)35-82-33-52(24-56(82)68(86)74-28-45-11-15-47(16-12-45)62-31-73-37-97-62)92-64-27-61(96-81-64)65(40(4)5)72(90)83-32-51(85)23-57(83)69(87)75-29-46-13-17-48(18-14-46)66-43(8)77-36-91-66/h11-22,26-27,31,36-40,51-58,65,85H,10,23-25,28-30,32-35H2,1-9H3,(H,74,86)(H,75,87)(H,76,88)/t51-,52-,53-,54-,55-,56+,57+,58+,65-/m1/s1. The highest BCUT2D eigenvalue weighted by atomic mass is 32.1. The van der Waals surface area contributed by atoms with Crippen LogP contribution in [0.5, 0.6) is 11.8 Å². The molecule has 3 aliphatic rings. The molecule has 0 bridgehead atoms. The highest BCUT2D eigenvalue weighted by Crippen LogP contribution is 2.38. The van der Waals surface area contributed by atoms with Gasteiger partial charge >= 0.3 is 0 Å². The van der Waals surface area contributed by atoms with E-state index in [-0.39, 0.29) is 105 Å². The molecule has 9 heterocycles. The van der Waals surface area contributed by atoms with E-state index in [0.29, 0.717) is 42.5 Å². The molecule has 4 N–H and O–H groups in total. The summed E-state index contributed by atoms with van der Waals surface area (Å²) >= 11 is 3.13. The number of nitrogens with zero attached hydrogens (tertiary/aromatic N) is 9. The quantitative estimate of drug-likeness (QED) is 0.0392. The number of aryl methyl sites for hydroxylation is 4. The van der Waals surface area contributed by atoms with E-state index >= 15 is 0 Å². The number of aromatic nitrogens is 6. The van der Waals surface area contributed by atoms with Crippen LogP contribution >= 0.6 is 22.7 Å². The molecule has 5 amide bonds. The van der Waals surface area contributed by atoms with Crippen molar-refractivity contribution in [2.45, 2.75) is 162 Å². The molecule has 0 aliphatic carbocycles. The number of hydrogen-bond donors (Lipinski definition) is 4. The van der Waals surface area contributed by atoms with E-state index in [1.165, 1.54) is 11.3 Å². The molecule has 0 spiro atoms. The second-order valence-corrected chi connectivity index (χ2v) is 28.2. The monoisotopic (exact) mass is 1370 g/mol. The van der Waals surface area contributed by atoms with Gasteiger partial charge in [-0.25, -0.2) is 9.97 Å². The Balaban J connectivity index is 0.730. The maximum atomic E-state index is 14.7. The van der Waals surface area contributed by atoms with Crippen LogP contribution in [0, 0.1) is 39.5 Å². The van der Waals surface area contributed by atoms with E-state index in [9.17, 15) is 29.1 Å². The van der Waals surface area contributed by atoms with Gasteiger partial charge in [-0.3, -0.25) is 33.9 Å². The Morgan fingerprint density at radius 3 is 1.84 bits per heavy atom. The molecule has 6 aromatic heterocycles. The number of carbonyl (C=O) groups is 5. The van der Waals surface area contributed by atoms with Crippen molar-refractivity contribution < 1.29 is 56.5 Å². The molecule has 12 rings (SSSR count). The Bertz CT molecular complexity index is 4230. The maximum Gasteiger partial charge on any atom is 0.254 e. The summed E-state index contributed by atoms with van der Waals surface area (Å²) < 4.78 is 36.4. The third-order valence-electron chi connectivity index (χ3n) is 18.9. The van der Waals surface area contributed by atoms with Crippen molar-refractivity contribution in [3.05, 3.63) is 165 Å². The van der Waals surface area contributed by atoms with Crippen molar-refractivity contribution in [1.82, 2.24) is 61.1 Å². The molecule has 98 heavy (non-hydrogen) atoms. The molecule has 0 radical (unpaired) electrons. The van der Waals surface area contributed by atoms with Crippen LogP contribution in [0.15, 0.2) is 127 Å². The first-order valence-electron chi connectivity index (χ1n) is 33.3. The van der Waals surface area contributed by atoms with E-state index in [1.807, 2.05) is 114 Å². The van der Waals surface area contributed by atoms with Gasteiger partial charge in [0.05, 0.1) is 62.5 Å². The Morgan fingerprint density at radius 2 is 1.23 bits per heavy atom. The second kappa shape index (κ2) is 30.2. The highest BCUT2D eigenvalue weighted by Gasteiger charge is 2.46. The van der Waals surface area contributed by atoms with Crippen LogP contribution in [0.2, 0.25) is 0 Å². The van der Waals surface area contributed by atoms with Gasteiger partial charge in [-0.05, 0) is 89.6 Å². The molecule has 3 fully saturated rings. The molecular formula is C72H82N12O12S2. The summed E-state index contributed by atoms with van der Waals surface area (Å²) in [6.07, 6.45) is 2.02. The minimum atomic E-state index is -0.932. The van der Waals surface area contributed by atoms with Crippen LogP contribution in [0.4, 0.5) is 0 Å². The van der Waals surface area contributed by atoms with E-state index in [0.717, 1.165) is 60.1 Å². The van der Waals surface area contributed by atoms with Crippen LogP contribution < -0.4 is 25.4 Å². The first kappa shape index (κ1) is 68.6. The van der Waals surface area contributed by atoms with Gasteiger partial charge in [0, 0.05) is 94.4 Å². The molecule has 0 unspecified atom stereocenters. The lowest BCUT2D eigenvalue weighted by Crippen LogP contribution is -2.48. The zero-order valence-corrected chi connectivity index (χ0v) is 57.9. The predicted molar refractivity (Wildman–Crippen MR) is 364 cm³/mol. The number of rotatable bonds is 26. The third-order valence-corrected chi connectivity index (χ3v) is 20.7. The molecule has 3 aromatic carbocycles. The van der Waals surface area contributed by atoms with Gasteiger partial charge in [-0.15, -0.1) is 22.7 Å². The summed E-state index contributed by atoms with van der Waals surface area (Å²) in [7, 11) is 0. The molecule has 9 atom stereocenters. The number of amides is 5. The molecule has 24 nitrogen and oxygen atoms in total. The van der Waals surface area contributed by atoms with Crippen molar-refractivity contribution in [3.63, 3.8) is 0 Å². The lowest BCUT2D eigenvalue weighted by molar-refractivity contribution is -0.141. The topological polar surface area (TPSA) is 300 Å². The zero-order valence-electron chi connectivity index (χ0n) is 56.3. The number of oxazole rings is 1. The Kier molecular flexibility index (Phi) is 21.1. The van der Waals surface area contributed by atoms with Gasteiger partial charge in [0.25, 0.3) is 11.8 Å². The van der Waals surface area contributed by atoms with Crippen molar-refractivity contribution in [2.75, 3.05) is 26.2 Å². The number of β-amino-alcohol motifs (C(OH)–C–C–N with tert-alkyl or cyclic N) is 1. The van der Waals surface area contributed by atoms with Gasteiger partial charge in [0.2, 0.25) is 29.5 Å². The minimum absolute atomic E-state index is 0.0363. The summed E-state index contributed by atoms with van der Waals surface area (Å²) in [6, 6.07) is 24.3. The summed E-state index contributed by atoms with van der Waals surface area (Å²) in [5.41, 5.74) is 12.6. The molecule has 3 saturated heterocycles. The van der Waals surface area contributed by atoms with Crippen LogP contribution in [0.1, 0.15) is 135 Å².